The van der Waals surface area contributed by atoms with E-state index in [1.807, 2.05) is 30.3 Å². The van der Waals surface area contributed by atoms with E-state index in [0.717, 1.165) is 11.6 Å². The first-order valence-corrected chi connectivity index (χ1v) is 7.31. The molecule has 0 saturated carbocycles. The van der Waals surface area contributed by atoms with Crippen LogP contribution in [0.1, 0.15) is 0 Å². The van der Waals surface area contributed by atoms with Crippen LogP contribution in [0.4, 0.5) is 0 Å². The zero-order valence-electron chi connectivity index (χ0n) is 10.2. The Morgan fingerprint density at radius 3 is 2.21 bits per heavy atom. The fraction of sp³-hybridized carbons (Fsp3) is 0.0667. The molecule has 0 amide bonds. The number of sulfone groups is 1. The SMILES string of the molecule is C=CC(O)S(=O)(=O)c1ccccc1-c1ccccc1. The summed E-state index contributed by atoms with van der Waals surface area (Å²) in [4.78, 5) is 0.105. The monoisotopic (exact) mass is 274 g/mol. The summed E-state index contributed by atoms with van der Waals surface area (Å²) < 4.78 is 24.5. The van der Waals surface area contributed by atoms with Crippen molar-refractivity contribution < 1.29 is 13.5 Å². The zero-order chi connectivity index (χ0) is 13.9. The summed E-state index contributed by atoms with van der Waals surface area (Å²) in [6.07, 6.45) is 1.01. The summed E-state index contributed by atoms with van der Waals surface area (Å²) in [5, 5.41) is 9.60. The summed E-state index contributed by atoms with van der Waals surface area (Å²) >= 11 is 0. The lowest BCUT2D eigenvalue weighted by atomic mass is 10.1. The predicted octanol–water partition coefficient (Wildman–Crippen LogP) is 2.63. The molecule has 3 nitrogen and oxygen atoms in total. The maximum Gasteiger partial charge on any atom is 0.209 e. The standard InChI is InChI=1S/C15H14O3S/c1-2-15(16)19(17,18)14-11-7-6-10-13(14)12-8-4-3-5-9-12/h2-11,15-16H,1H2. The average molecular weight is 274 g/mol. The molecule has 0 aliphatic rings. The van der Waals surface area contributed by atoms with Gasteiger partial charge in [0.15, 0.2) is 5.44 Å². The highest BCUT2D eigenvalue weighted by atomic mass is 32.2. The van der Waals surface area contributed by atoms with E-state index in [2.05, 4.69) is 6.58 Å². The van der Waals surface area contributed by atoms with Gasteiger partial charge in [-0.25, -0.2) is 8.42 Å². The number of hydrogen-bond donors (Lipinski definition) is 1. The second-order valence-corrected chi connectivity index (χ2v) is 6.05. The molecule has 0 bridgehead atoms. The summed E-state index contributed by atoms with van der Waals surface area (Å²) in [7, 11) is -3.83. The Bertz CT molecular complexity index is 676. The van der Waals surface area contributed by atoms with Gasteiger partial charge in [0.05, 0.1) is 4.90 Å². The topological polar surface area (TPSA) is 54.4 Å². The molecule has 0 fully saturated rings. The van der Waals surface area contributed by atoms with Crippen LogP contribution < -0.4 is 0 Å². The van der Waals surface area contributed by atoms with Gasteiger partial charge < -0.3 is 5.11 Å². The van der Waals surface area contributed by atoms with Gasteiger partial charge in [0.1, 0.15) is 0 Å². The summed E-state index contributed by atoms with van der Waals surface area (Å²) in [6.45, 7) is 3.33. The highest BCUT2D eigenvalue weighted by molar-refractivity contribution is 7.92. The molecule has 1 N–H and O–H groups in total. The fourth-order valence-corrected chi connectivity index (χ4v) is 3.10. The summed E-state index contributed by atoms with van der Waals surface area (Å²) in [6, 6.07) is 15.8. The molecule has 1 unspecified atom stereocenters. The van der Waals surface area contributed by atoms with Gasteiger partial charge in [-0.2, -0.15) is 0 Å². The Hall–Kier alpha value is -1.91. The van der Waals surface area contributed by atoms with Crippen LogP contribution in [0, 0.1) is 0 Å². The Morgan fingerprint density at radius 2 is 1.58 bits per heavy atom. The van der Waals surface area contributed by atoms with Crippen LogP contribution in [-0.2, 0) is 9.84 Å². The second-order valence-electron chi connectivity index (χ2n) is 4.03. The summed E-state index contributed by atoms with van der Waals surface area (Å²) in [5.41, 5.74) is -0.237. The fourth-order valence-electron chi connectivity index (χ4n) is 1.83. The van der Waals surface area contributed by atoms with Crippen LogP contribution in [0.25, 0.3) is 11.1 Å². The van der Waals surface area contributed by atoms with Crippen molar-refractivity contribution in [2.75, 3.05) is 0 Å². The van der Waals surface area contributed by atoms with Crippen molar-refractivity contribution in [1.82, 2.24) is 0 Å². The number of benzene rings is 2. The minimum Gasteiger partial charge on any atom is -0.373 e. The lowest BCUT2D eigenvalue weighted by Gasteiger charge is -2.12. The molecule has 19 heavy (non-hydrogen) atoms. The van der Waals surface area contributed by atoms with Crippen LogP contribution in [0.5, 0.6) is 0 Å². The molecule has 2 rings (SSSR count). The molecule has 0 aliphatic heterocycles. The van der Waals surface area contributed by atoms with Gasteiger partial charge in [0.25, 0.3) is 0 Å². The lowest BCUT2D eigenvalue weighted by Crippen LogP contribution is -2.18. The highest BCUT2D eigenvalue weighted by Crippen LogP contribution is 2.29. The van der Waals surface area contributed by atoms with Gasteiger partial charge in [-0.1, -0.05) is 55.1 Å². The number of aliphatic hydroxyl groups is 1. The highest BCUT2D eigenvalue weighted by Gasteiger charge is 2.25. The molecule has 0 spiro atoms. The van der Waals surface area contributed by atoms with Crippen LogP contribution in [0.15, 0.2) is 72.1 Å². The van der Waals surface area contributed by atoms with Crippen LogP contribution in [-0.4, -0.2) is 19.0 Å². The first-order valence-electron chi connectivity index (χ1n) is 5.76. The molecule has 0 heterocycles. The Kier molecular flexibility index (Phi) is 3.83. The quantitative estimate of drug-likeness (QED) is 0.872. The molecule has 0 aliphatic carbocycles. The van der Waals surface area contributed by atoms with E-state index < -0.39 is 15.3 Å². The maximum atomic E-state index is 12.2. The van der Waals surface area contributed by atoms with Gasteiger partial charge in [-0.05, 0) is 17.7 Å². The van der Waals surface area contributed by atoms with E-state index in [9.17, 15) is 13.5 Å². The van der Waals surface area contributed by atoms with Crippen molar-refractivity contribution in [3.8, 4) is 11.1 Å². The molecule has 2 aromatic rings. The van der Waals surface area contributed by atoms with Crippen LogP contribution >= 0.6 is 0 Å². The third kappa shape index (κ3) is 2.59. The van der Waals surface area contributed by atoms with E-state index in [1.165, 1.54) is 6.07 Å². The number of hydrogen-bond acceptors (Lipinski definition) is 3. The largest absolute Gasteiger partial charge is 0.373 e. The normalized spacial score (nSPS) is 12.9. The Balaban J connectivity index is 2.64. The van der Waals surface area contributed by atoms with Crippen molar-refractivity contribution >= 4 is 9.84 Å². The van der Waals surface area contributed by atoms with E-state index in [0.29, 0.717) is 5.56 Å². The first kappa shape index (κ1) is 13.5. The molecule has 0 radical (unpaired) electrons. The summed E-state index contributed by atoms with van der Waals surface area (Å²) in [5.74, 6) is 0. The predicted molar refractivity (Wildman–Crippen MR) is 75.3 cm³/mol. The minimum atomic E-state index is -3.83. The smallest absolute Gasteiger partial charge is 0.209 e. The third-order valence-corrected chi connectivity index (χ3v) is 4.60. The molecule has 98 valence electrons. The first-order chi connectivity index (χ1) is 9.07. The maximum absolute atomic E-state index is 12.2. The Labute approximate surface area is 112 Å². The van der Waals surface area contributed by atoms with Crippen molar-refractivity contribution in [3.63, 3.8) is 0 Å². The average Bonchev–Trinajstić information content (AvgIpc) is 2.47. The Morgan fingerprint density at radius 1 is 1.00 bits per heavy atom. The van der Waals surface area contributed by atoms with E-state index in [-0.39, 0.29) is 4.90 Å². The van der Waals surface area contributed by atoms with Crippen molar-refractivity contribution in [2.24, 2.45) is 0 Å². The van der Waals surface area contributed by atoms with Gasteiger partial charge in [0, 0.05) is 5.56 Å². The van der Waals surface area contributed by atoms with Crippen LogP contribution in [0.3, 0.4) is 0 Å². The van der Waals surface area contributed by atoms with E-state index in [1.54, 1.807) is 18.2 Å². The third-order valence-electron chi connectivity index (χ3n) is 2.80. The lowest BCUT2D eigenvalue weighted by molar-refractivity contribution is 0.294. The minimum absolute atomic E-state index is 0.105. The van der Waals surface area contributed by atoms with E-state index in [4.69, 9.17) is 0 Å². The van der Waals surface area contributed by atoms with Gasteiger partial charge >= 0.3 is 0 Å². The zero-order valence-corrected chi connectivity index (χ0v) is 11.0. The van der Waals surface area contributed by atoms with Gasteiger partial charge in [-0.3, -0.25) is 0 Å². The van der Waals surface area contributed by atoms with Crippen LogP contribution in [0.2, 0.25) is 0 Å². The van der Waals surface area contributed by atoms with Crippen molar-refractivity contribution in [3.05, 3.63) is 67.3 Å². The molecular formula is C15H14O3S. The van der Waals surface area contributed by atoms with Gasteiger partial charge in [0.2, 0.25) is 9.84 Å². The molecular weight excluding hydrogens is 260 g/mol. The molecule has 0 saturated heterocycles. The number of aliphatic hydroxyl groups excluding tert-OH is 1. The molecule has 0 aromatic heterocycles. The van der Waals surface area contributed by atoms with Gasteiger partial charge in [-0.15, -0.1) is 0 Å². The van der Waals surface area contributed by atoms with E-state index >= 15 is 0 Å². The van der Waals surface area contributed by atoms with Crippen molar-refractivity contribution in [1.29, 1.82) is 0 Å². The number of rotatable bonds is 4. The van der Waals surface area contributed by atoms with Crippen molar-refractivity contribution in [2.45, 2.75) is 10.3 Å². The molecule has 1 atom stereocenters. The molecule has 4 heteroatoms. The second kappa shape index (κ2) is 5.38. The molecule has 2 aromatic carbocycles.